The largest absolute Gasteiger partial charge is 0.756 e. The predicted molar refractivity (Wildman–Crippen MR) is 270 cm³/mol. The molecule has 0 radical (unpaired) electrons. The number of allylic oxidation sites excluding steroid dienone is 7. The van der Waals surface area contributed by atoms with Gasteiger partial charge in [0.15, 0.2) is 0 Å². The maximum Gasteiger partial charge on any atom is 0.268 e. The summed E-state index contributed by atoms with van der Waals surface area (Å²) in [7, 11) is 1.26. The Balaban J connectivity index is 4.02. The van der Waals surface area contributed by atoms with E-state index in [4.69, 9.17) is 9.05 Å². The van der Waals surface area contributed by atoms with Gasteiger partial charge in [0.2, 0.25) is 5.91 Å². The molecule has 0 saturated carbocycles. The molecular weight excluding hydrogens is 804 g/mol. The molecule has 0 aromatic carbocycles. The lowest BCUT2D eigenvalue weighted by Crippen LogP contribution is -2.45. The number of carbonyl (C=O) groups excluding carboxylic acids is 1. The topological polar surface area (TPSA) is 108 Å². The number of rotatable bonds is 48. The highest BCUT2D eigenvalue weighted by Gasteiger charge is 2.23. The molecule has 0 aromatic rings. The highest BCUT2D eigenvalue weighted by molar-refractivity contribution is 7.45. The summed E-state index contributed by atoms with van der Waals surface area (Å²) in [5.74, 6) is -0.199. The fourth-order valence-electron chi connectivity index (χ4n) is 7.57. The molecule has 0 aliphatic carbocycles. The van der Waals surface area contributed by atoms with E-state index >= 15 is 0 Å². The minimum absolute atomic E-state index is 0.00124. The predicted octanol–water partition coefficient (Wildman–Crippen LogP) is 15.0. The number of phosphoric acid groups is 1. The Labute approximate surface area is 390 Å². The molecule has 0 saturated heterocycles. The summed E-state index contributed by atoms with van der Waals surface area (Å²) in [5, 5.41) is 13.8. The van der Waals surface area contributed by atoms with Gasteiger partial charge >= 0.3 is 0 Å². The normalized spacial score (nSPS) is 14.5. The van der Waals surface area contributed by atoms with Gasteiger partial charge in [0.25, 0.3) is 7.82 Å². The van der Waals surface area contributed by atoms with Gasteiger partial charge in [0.05, 0.1) is 39.9 Å². The van der Waals surface area contributed by atoms with E-state index in [0.29, 0.717) is 17.4 Å². The van der Waals surface area contributed by atoms with Crippen LogP contribution in [0.1, 0.15) is 239 Å². The van der Waals surface area contributed by atoms with Crippen molar-refractivity contribution in [3.63, 3.8) is 0 Å². The lowest BCUT2D eigenvalue weighted by molar-refractivity contribution is -0.870. The molecule has 63 heavy (non-hydrogen) atoms. The number of phosphoric ester groups is 1. The first kappa shape index (κ1) is 61.5. The van der Waals surface area contributed by atoms with E-state index in [1.165, 1.54) is 167 Å². The molecule has 1 amide bonds. The lowest BCUT2D eigenvalue weighted by Gasteiger charge is -2.29. The monoisotopic (exact) mass is 907 g/mol. The molecule has 3 atom stereocenters. The molecule has 0 bridgehead atoms. The van der Waals surface area contributed by atoms with Gasteiger partial charge in [-0.1, -0.05) is 223 Å². The second-order valence-electron chi connectivity index (χ2n) is 19.2. The molecule has 0 rings (SSSR count). The lowest BCUT2D eigenvalue weighted by atomic mass is 10.0. The molecule has 370 valence electrons. The molecule has 8 nitrogen and oxygen atoms in total. The second kappa shape index (κ2) is 45.6. The highest BCUT2D eigenvalue weighted by atomic mass is 31.2. The van der Waals surface area contributed by atoms with Crippen molar-refractivity contribution >= 4 is 13.7 Å². The molecule has 9 heteroatoms. The van der Waals surface area contributed by atoms with Crippen molar-refractivity contribution in [2.45, 2.75) is 251 Å². The zero-order valence-corrected chi connectivity index (χ0v) is 42.9. The highest BCUT2D eigenvalue weighted by Crippen LogP contribution is 2.38. The first-order valence-electron chi connectivity index (χ1n) is 26.5. The third kappa shape index (κ3) is 48.2. The molecule has 0 aliphatic heterocycles. The third-order valence-electron chi connectivity index (χ3n) is 11.8. The Kier molecular flexibility index (Phi) is 44.5. The van der Waals surface area contributed by atoms with Gasteiger partial charge in [0, 0.05) is 6.42 Å². The smallest absolute Gasteiger partial charge is 0.268 e. The number of unbranched alkanes of at least 4 members (excludes halogenated alkanes) is 29. The van der Waals surface area contributed by atoms with Crippen LogP contribution in [0, 0.1) is 0 Å². The first-order chi connectivity index (χ1) is 30.5. The number of hydrogen-bond acceptors (Lipinski definition) is 6. The number of hydrogen-bond donors (Lipinski definition) is 2. The van der Waals surface area contributed by atoms with Crippen LogP contribution in [-0.2, 0) is 18.4 Å². The van der Waals surface area contributed by atoms with Crippen LogP contribution >= 0.6 is 7.82 Å². The van der Waals surface area contributed by atoms with Crippen LogP contribution in [0.25, 0.3) is 0 Å². The molecule has 2 N–H and O–H groups in total. The Morgan fingerprint density at radius 1 is 0.556 bits per heavy atom. The molecule has 0 spiro atoms. The van der Waals surface area contributed by atoms with Gasteiger partial charge < -0.3 is 28.8 Å². The van der Waals surface area contributed by atoms with Crippen LogP contribution in [0.4, 0.5) is 0 Å². The average molecular weight is 907 g/mol. The number of carbonyl (C=O) groups is 1. The quantitative estimate of drug-likeness (QED) is 0.0272. The maximum atomic E-state index is 12.9. The van der Waals surface area contributed by atoms with Gasteiger partial charge in [-0.05, 0) is 57.8 Å². The van der Waals surface area contributed by atoms with E-state index in [9.17, 15) is 19.4 Å². The van der Waals surface area contributed by atoms with Crippen molar-refractivity contribution in [3.05, 3.63) is 48.6 Å². The Bertz CT molecular complexity index is 1170. The average Bonchev–Trinajstić information content (AvgIpc) is 3.24. The molecule has 0 fully saturated rings. The summed E-state index contributed by atoms with van der Waals surface area (Å²) in [6.45, 7) is 4.62. The molecular formula is C54H103N2O6P. The third-order valence-corrected chi connectivity index (χ3v) is 12.7. The van der Waals surface area contributed by atoms with Crippen LogP contribution in [-0.4, -0.2) is 68.5 Å². The van der Waals surface area contributed by atoms with Crippen molar-refractivity contribution < 1.29 is 32.9 Å². The molecule has 0 heterocycles. The van der Waals surface area contributed by atoms with Crippen molar-refractivity contribution in [1.29, 1.82) is 0 Å². The van der Waals surface area contributed by atoms with Gasteiger partial charge in [0.1, 0.15) is 13.2 Å². The van der Waals surface area contributed by atoms with Crippen molar-refractivity contribution in [3.8, 4) is 0 Å². The first-order valence-corrected chi connectivity index (χ1v) is 28.0. The van der Waals surface area contributed by atoms with E-state index in [1.54, 1.807) is 6.08 Å². The Hall–Kier alpha value is -1.54. The van der Waals surface area contributed by atoms with Crippen LogP contribution in [0.2, 0.25) is 0 Å². The SMILES string of the molecule is CCCCCCC/C=C\C/C=C\C/C=C\CCCCCCCCCCCCCCCCCCC(=O)NC(COP(=O)([O-])OCC[N+](C)(C)C)C(O)/C=C/CCCCCCCCCC. The maximum absolute atomic E-state index is 12.9. The fraction of sp³-hybridized carbons (Fsp3) is 0.833. The summed E-state index contributed by atoms with van der Waals surface area (Å²) in [6.07, 6.45) is 59.0. The van der Waals surface area contributed by atoms with E-state index < -0.39 is 20.0 Å². The van der Waals surface area contributed by atoms with Crippen molar-refractivity contribution in [1.82, 2.24) is 5.32 Å². The zero-order valence-electron chi connectivity index (χ0n) is 42.0. The number of nitrogens with one attached hydrogen (secondary N) is 1. The summed E-state index contributed by atoms with van der Waals surface area (Å²) in [5.41, 5.74) is 0. The van der Waals surface area contributed by atoms with Crippen LogP contribution in [0.3, 0.4) is 0 Å². The fourth-order valence-corrected chi connectivity index (χ4v) is 8.29. The number of aliphatic hydroxyl groups is 1. The van der Waals surface area contributed by atoms with Crippen LogP contribution < -0.4 is 10.2 Å². The molecule has 3 unspecified atom stereocenters. The Morgan fingerprint density at radius 3 is 1.33 bits per heavy atom. The summed E-state index contributed by atoms with van der Waals surface area (Å²) >= 11 is 0. The zero-order chi connectivity index (χ0) is 46.4. The minimum atomic E-state index is -4.59. The van der Waals surface area contributed by atoms with E-state index in [-0.39, 0.29) is 19.1 Å². The van der Waals surface area contributed by atoms with Gasteiger partial charge in [-0.2, -0.15) is 0 Å². The Morgan fingerprint density at radius 2 is 0.921 bits per heavy atom. The van der Waals surface area contributed by atoms with E-state index in [0.717, 1.165) is 51.4 Å². The number of amides is 1. The van der Waals surface area contributed by atoms with Crippen molar-refractivity contribution in [2.75, 3.05) is 40.9 Å². The number of quaternary nitrogens is 1. The second-order valence-corrected chi connectivity index (χ2v) is 20.6. The molecule has 0 aliphatic rings. The number of likely N-dealkylation sites (N-methyl/N-ethyl adjacent to an activating group) is 1. The van der Waals surface area contributed by atoms with Gasteiger partial charge in [-0.15, -0.1) is 0 Å². The van der Waals surface area contributed by atoms with E-state index in [1.807, 2.05) is 27.2 Å². The standard InChI is InChI=1S/C54H103N2O6P/c1-6-8-10-12-14-16-18-19-20-21-22-23-24-25-26-27-28-29-30-31-32-33-34-35-36-37-38-40-42-44-46-48-54(58)55-52(51-62-63(59,60)61-50-49-56(3,4)5)53(57)47-45-43-41-39-17-15-13-11-9-7-2/h18-19,21-22,24-25,45,47,52-53,57H,6-17,20,23,26-44,46,48-51H2,1-5H3,(H-,55,58,59,60)/b19-18-,22-21-,25-24-,47-45+. The number of aliphatic hydroxyl groups excluding tert-OH is 1. The van der Waals surface area contributed by atoms with Crippen molar-refractivity contribution in [2.24, 2.45) is 0 Å². The molecule has 0 aromatic heterocycles. The van der Waals surface area contributed by atoms with Crippen LogP contribution in [0.15, 0.2) is 48.6 Å². The number of nitrogens with zero attached hydrogens (tertiary/aromatic N) is 1. The summed E-state index contributed by atoms with van der Waals surface area (Å²) in [4.78, 5) is 25.3. The van der Waals surface area contributed by atoms with Gasteiger partial charge in [-0.3, -0.25) is 9.36 Å². The van der Waals surface area contributed by atoms with Gasteiger partial charge in [-0.25, -0.2) is 0 Å². The van der Waals surface area contributed by atoms with Crippen LogP contribution in [0.5, 0.6) is 0 Å². The summed E-state index contributed by atoms with van der Waals surface area (Å²) < 4.78 is 23.2. The summed E-state index contributed by atoms with van der Waals surface area (Å²) in [6, 6.07) is -0.884. The van der Waals surface area contributed by atoms with E-state index in [2.05, 4.69) is 55.6 Å². The minimum Gasteiger partial charge on any atom is -0.756 e.